The molecule has 1 aliphatic heterocycles. The Balaban J connectivity index is 1.71. The lowest BCUT2D eigenvalue weighted by atomic mass is 9.90. The van der Waals surface area contributed by atoms with E-state index in [1.54, 1.807) is 26.0 Å². The molecule has 3 rings (SSSR count). The maximum atomic E-state index is 13.4. The molecule has 0 radical (unpaired) electrons. The zero-order chi connectivity index (χ0) is 18.0. The molecule has 1 saturated heterocycles. The van der Waals surface area contributed by atoms with Gasteiger partial charge in [0.1, 0.15) is 11.9 Å². The summed E-state index contributed by atoms with van der Waals surface area (Å²) in [5.41, 5.74) is 6.36. The molecule has 0 spiro atoms. The summed E-state index contributed by atoms with van der Waals surface area (Å²) < 4.78 is 23.9. The zero-order valence-electron chi connectivity index (χ0n) is 14.2. The fraction of sp³-hybridized carbons (Fsp3) is 0.471. The fourth-order valence-electron chi connectivity index (χ4n) is 2.68. The van der Waals surface area contributed by atoms with Crippen molar-refractivity contribution in [1.82, 2.24) is 15.5 Å². The van der Waals surface area contributed by atoms with Crippen LogP contribution in [0.3, 0.4) is 0 Å². The van der Waals surface area contributed by atoms with Gasteiger partial charge in [-0.15, -0.1) is 0 Å². The molecule has 25 heavy (non-hydrogen) atoms. The van der Waals surface area contributed by atoms with Crippen LogP contribution in [0.2, 0.25) is 0 Å². The molecular weight excluding hydrogens is 327 g/mol. The SMILES string of the molecule is Cc1cc(-c2noc(C(C)NC(=O)C3(N)CCOCC3)n2)ccc1F. The minimum absolute atomic E-state index is 0.263. The molecule has 2 aromatic rings. The molecule has 1 aliphatic rings. The van der Waals surface area contributed by atoms with E-state index < -0.39 is 11.6 Å². The van der Waals surface area contributed by atoms with Crippen molar-refractivity contribution in [2.24, 2.45) is 5.73 Å². The highest BCUT2D eigenvalue weighted by molar-refractivity contribution is 5.86. The van der Waals surface area contributed by atoms with E-state index in [1.165, 1.54) is 6.07 Å². The second-order valence-electron chi connectivity index (χ2n) is 6.38. The molecule has 134 valence electrons. The van der Waals surface area contributed by atoms with Crippen molar-refractivity contribution in [2.45, 2.75) is 38.3 Å². The third-order valence-electron chi connectivity index (χ3n) is 4.41. The maximum absolute atomic E-state index is 13.4. The number of aromatic nitrogens is 2. The molecule has 3 N–H and O–H groups in total. The van der Waals surface area contributed by atoms with Gasteiger partial charge in [0.15, 0.2) is 0 Å². The molecule has 1 amide bonds. The van der Waals surface area contributed by atoms with Crippen LogP contribution in [0.1, 0.15) is 37.3 Å². The van der Waals surface area contributed by atoms with Gasteiger partial charge in [0.05, 0.1) is 5.54 Å². The Morgan fingerprint density at radius 3 is 2.80 bits per heavy atom. The highest BCUT2D eigenvalue weighted by atomic mass is 19.1. The predicted octanol–water partition coefficient (Wildman–Crippen LogP) is 1.87. The van der Waals surface area contributed by atoms with E-state index in [1.807, 2.05) is 0 Å². The second-order valence-corrected chi connectivity index (χ2v) is 6.38. The van der Waals surface area contributed by atoms with Gasteiger partial charge in [-0.3, -0.25) is 4.79 Å². The fourth-order valence-corrected chi connectivity index (χ4v) is 2.68. The van der Waals surface area contributed by atoms with Gasteiger partial charge >= 0.3 is 0 Å². The first-order valence-electron chi connectivity index (χ1n) is 8.17. The minimum Gasteiger partial charge on any atom is -0.381 e. The van der Waals surface area contributed by atoms with Crippen LogP contribution < -0.4 is 11.1 Å². The van der Waals surface area contributed by atoms with Crippen molar-refractivity contribution in [2.75, 3.05) is 13.2 Å². The predicted molar refractivity (Wildman–Crippen MR) is 88.0 cm³/mol. The number of nitrogens with zero attached hydrogens (tertiary/aromatic N) is 2. The number of ether oxygens (including phenoxy) is 1. The van der Waals surface area contributed by atoms with E-state index in [-0.39, 0.29) is 17.6 Å². The van der Waals surface area contributed by atoms with Crippen LogP contribution in [-0.4, -0.2) is 34.8 Å². The van der Waals surface area contributed by atoms with Gasteiger partial charge in [-0.2, -0.15) is 4.98 Å². The monoisotopic (exact) mass is 348 g/mol. The summed E-state index contributed by atoms with van der Waals surface area (Å²) in [5, 5.41) is 6.72. The molecule has 1 fully saturated rings. The summed E-state index contributed by atoms with van der Waals surface area (Å²) in [6.07, 6.45) is 0.936. The van der Waals surface area contributed by atoms with E-state index in [0.717, 1.165) is 0 Å². The van der Waals surface area contributed by atoms with E-state index in [2.05, 4.69) is 15.5 Å². The number of hydrogen-bond donors (Lipinski definition) is 2. The molecule has 7 nitrogen and oxygen atoms in total. The van der Waals surface area contributed by atoms with E-state index in [4.69, 9.17) is 15.0 Å². The van der Waals surface area contributed by atoms with Crippen molar-refractivity contribution < 1.29 is 18.4 Å². The number of benzene rings is 1. The summed E-state index contributed by atoms with van der Waals surface area (Å²) in [4.78, 5) is 16.7. The Labute approximate surface area is 144 Å². The van der Waals surface area contributed by atoms with Gasteiger partial charge in [0.25, 0.3) is 0 Å². The van der Waals surface area contributed by atoms with Crippen molar-refractivity contribution in [3.8, 4) is 11.4 Å². The molecule has 1 aromatic heterocycles. The third kappa shape index (κ3) is 3.69. The zero-order valence-corrected chi connectivity index (χ0v) is 14.2. The number of nitrogens with two attached hydrogens (primary N) is 1. The maximum Gasteiger partial charge on any atom is 0.249 e. The molecule has 1 unspecified atom stereocenters. The summed E-state index contributed by atoms with van der Waals surface area (Å²) in [6, 6.07) is 4.09. The Morgan fingerprint density at radius 2 is 2.12 bits per heavy atom. The van der Waals surface area contributed by atoms with Crippen LogP contribution >= 0.6 is 0 Å². The van der Waals surface area contributed by atoms with Gasteiger partial charge in [-0.25, -0.2) is 4.39 Å². The molecular formula is C17H21FN4O3. The summed E-state index contributed by atoms with van der Waals surface area (Å²) >= 11 is 0. The molecule has 1 aromatic carbocycles. The quantitative estimate of drug-likeness (QED) is 0.874. The highest BCUT2D eigenvalue weighted by Gasteiger charge is 2.37. The van der Waals surface area contributed by atoms with Crippen LogP contribution in [0, 0.1) is 12.7 Å². The third-order valence-corrected chi connectivity index (χ3v) is 4.41. The lowest BCUT2D eigenvalue weighted by molar-refractivity contribution is -0.130. The Hall–Kier alpha value is -2.32. The second kappa shape index (κ2) is 6.89. The molecule has 0 aliphatic carbocycles. The van der Waals surface area contributed by atoms with E-state index >= 15 is 0 Å². The number of nitrogens with one attached hydrogen (secondary N) is 1. The van der Waals surface area contributed by atoms with Crippen molar-refractivity contribution in [1.29, 1.82) is 0 Å². The van der Waals surface area contributed by atoms with E-state index in [9.17, 15) is 9.18 Å². The molecule has 1 atom stereocenters. The van der Waals surface area contributed by atoms with Gasteiger partial charge < -0.3 is 20.3 Å². The molecule has 8 heteroatoms. The summed E-state index contributed by atoms with van der Waals surface area (Å²) in [7, 11) is 0. The lowest BCUT2D eigenvalue weighted by Crippen LogP contribution is -2.57. The smallest absolute Gasteiger partial charge is 0.249 e. The van der Waals surface area contributed by atoms with Crippen molar-refractivity contribution >= 4 is 5.91 Å². The van der Waals surface area contributed by atoms with Crippen molar-refractivity contribution in [3.05, 3.63) is 35.5 Å². The average Bonchev–Trinajstić information content (AvgIpc) is 3.08. The largest absolute Gasteiger partial charge is 0.381 e. The number of halogens is 1. The number of aryl methyl sites for hydroxylation is 1. The number of rotatable bonds is 4. The average molecular weight is 348 g/mol. The van der Waals surface area contributed by atoms with Crippen LogP contribution in [0.15, 0.2) is 22.7 Å². The first-order chi connectivity index (χ1) is 11.9. The molecule has 0 saturated carbocycles. The summed E-state index contributed by atoms with van der Waals surface area (Å²) in [6.45, 7) is 4.34. The molecule has 0 bridgehead atoms. The Bertz CT molecular complexity index is 771. The van der Waals surface area contributed by atoms with Crippen LogP contribution in [0.25, 0.3) is 11.4 Å². The number of hydrogen-bond acceptors (Lipinski definition) is 6. The Morgan fingerprint density at radius 1 is 1.40 bits per heavy atom. The highest BCUT2D eigenvalue weighted by Crippen LogP contribution is 2.23. The standard InChI is InChI=1S/C17H21FN4O3/c1-10-9-12(3-4-13(10)18)14-21-15(25-22-14)11(2)20-16(23)17(19)5-7-24-8-6-17/h3-4,9,11H,5-8,19H2,1-2H3,(H,20,23). The van der Waals surface area contributed by atoms with Gasteiger partial charge in [0.2, 0.25) is 17.6 Å². The first-order valence-corrected chi connectivity index (χ1v) is 8.17. The summed E-state index contributed by atoms with van der Waals surface area (Å²) in [5.74, 6) is 0.0483. The van der Waals surface area contributed by atoms with Crippen LogP contribution in [0.5, 0.6) is 0 Å². The number of amides is 1. The van der Waals surface area contributed by atoms with Gasteiger partial charge in [-0.1, -0.05) is 5.16 Å². The van der Waals surface area contributed by atoms with Gasteiger partial charge in [0, 0.05) is 18.8 Å². The van der Waals surface area contributed by atoms with Crippen LogP contribution in [0.4, 0.5) is 4.39 Å². The van der Waals surface area contributed by atoms with Crippen LogP contribution in [-0.2, 0) is 9.53 Å². The Kier molecular flexibility index (Phi) is 4.82. The van der Waals surface area contributed by atoms with Crippen molar-refractivity contribution in [3.63, 3.8) is 0 Å². The number of carbonyl (C=O) groups excluding carboxylic acids is 1. The topological polar surface area (TPSA) is 103 Å². The minimum atomic E-state index is -0.941. The lowest BCUT2D eigenvalue weighted by Gasteiger charge is -2.32. The normalized spacial score (nSPS) is 17.9. The molecule has 2 heterocycles. The van der Waals surface area contributed by atoms with E-state index in [0.29, 0.717) is 43.0 Å². The first kappa shape index (κ1) is 17.5. The number of carbonyl (C=O) groups is 1. The van der Waals surface area contributed by atoms with Gasteiger partial charge in [-0.05, 0) is 50.5 Å².